The molecule has 13 heteroatoms. The number of aromatic carboxylic acids is 1. The number of sulfone groups is 1. The van der Waals surface area contributed by atoms with Gasteiger partial charge in [-0.1, -0.05) is 12.1 Å². The van der Waals surface area contributed by atoms with E-state index in [9.17, 15) is 31.5 Å². The number of rotatable bonds is 8. The van der Waals surface area contributed by atoms with Gasteiger partial charge in [0, 0.05) is 59.6 Å². The lowest BCUT2D eigenvalue weighted by Gasteiger charge is -2.43. The minimum atomic E-state index is -4.63. The number of pyridine rings is 1. The molecule has 2 aliphatic heterocycles. The number of hydrogen-bond donors (Lipinski definition) is 0. The lowest BCUT2D eigenvalue weighted by Crippen LogP contribution is -2.52. The van der Waals surface area contributed by atoms with Crippen LogP contribution in [0.2, 0.25) is 0 Å². The summed E-state index contributed by atoms with van der Waals surface area (Å²) in [5, 5.41) is 12.8. The summed E-state index contributed by atoms with van der Waals surface area (Å²) in [6.07, 6.45) is -2.00. The summed E-state index contributed by atoms with van der Waals surface area (Å²) >= 11 is 0. The van der Waals surface area contributed by atoms with Crippen molar-refractivity contribution < 1.29 is 41.0 Å². The van der Waals surface area contributed by atoms with E-state index in [-0.39, 0.29) is 63.1 Å². The van der Waals surface area contributed by atoms with Crippen LogP contribution in [0.3, 0.4) is 0 Å². The number of morpholine rings is 1. The van der Waals surface area contributed by atoms with Crippen molar-refractivity contribution in [2.75, 3.05) is 45.7 Å². The van der Waals surface area contributed by atoms with Crippen LogP contribution in [0.1, 0.15) is 48.2 Å². The third-order valence-corrected chi connectivity index (χ3v) is 9.46. The molecule has 0 spiro atoms. The molecule has 0 radical (unpaired) electrons. The molecule has 1 atom stereocenters. The Bertz CT molecular complexity index is 1660. The van der Waals surface area contributed by atoms with Crippen LogP contribution in [-0.4, -0.2) is 87.0 Å². The fourth-order valence-corrected chi connectivity index (χ4v) is 7.07. The number of halogens is 3. The summed E-state index contributed by atoms with van der Waals surface area (Å²) in [7, 11) is -3.85. The Morgan fingerprint density at radius 1 is 1.16 bits per heavy atom. The fraction of sp³-hybridized carbons (Fsp3) is 0.484. The molecule has 2 aromatic carbocycles. The molecule has 5 rings (SSSR count). The van der Waals surface area contributed by atoms with Crippen LogP contribution in [0, 0.1) is 0 Å². The third-order valence-electron chi connectivity index (χ3n) is 8.34. The Kier molecular flexibility index (Phi) is 9.22. The topological polar surface area (TPSA) is 112 Å². The van der Waals surface area contributed by atoms with Gasteiger partial charge in [-0.15, -0.1) is 0 Å². The predicted molar refractivity (Wildman–Crippen MR) is 156 cm³/mol. The molecule has 9 nitrogen and oxygen atoms in total. The number of benzene rings is 2. The number of fused-ring (bicyclic) bond motifs is 1. The van der Waals surface area contributed by atoms with E-state index in [0.717, 1.165) is 37.8 Å². The lowest BCUT2D eigenvalue weighted by atomic mass is 9.94. The van der Waals surface area contributed by atoms with Crippen LogP contribution >= 0.6 is 0 Å². The molecule has 0 bridgehead atoms. The Balaban J connectivity index is 1.64. The SMILES string of the molecule is CCOc1cc2nc(-c3cccc(C(F)(F)F)c3)c(CN3CCC(N4CCOCC4C)CC3)c(C(=O)[O-])c2cc1S(C)(=O)=O. The van der Waals surface area contributed by atoms with Gasteiger partial charge in [0.15, 0.2) is 9.84 Å². The number of hydrogen-bond acceptors (Lipinski definition) is 9. The molecule has 3 aromatic rings. The molecule has 3 heterocycles. The number of carbonyl (C=O) groups is 1. The molecular formula is C31H35F3N3O6S-. The number of piperidine rings is 1. The number of nitrogens with zero attached hydrogens (tertiary/aromatic N) is 3. The molecule has 1 unspecified atom stereocenters. The highest BCUT2D eigenvalue weighted by Crippen LogP contribution is 2.38. The Labute approximate surface area is 254 Å². The summed E-state index contributed by atoms with van der Waals surface area (Å²) in [4.78, 5) is 21.8. The third kappa shape index (κ3) is 6.70. The van der Waals surface area contributed by atoms with Crippen molar-refractivity contribution in [3.63, 3.8) is 0 Å². The van der Waals surface area contributed by atoms with Gasteiger partial charge in [-0.2, -0.15) is 13.2 Å². The molecule has 238 valence electrons. The first-order chi connectivity index (χ1) is 20.8. The monoisotopic (exact) mass is 634 g/mol. The molecule has 2 fully saturated rings. The van der Waals surface area contributed by atoms with Gasteiger partial charge < -0.3 is 19.4 Å². The predicted octanol–water partition coefficient (Wildman–Crippen LogP) is 3.77. The van der Waals surface area contributed by atoms with E-state index in [0.29, 0.717) is 32.3 Å². The normalized spacial score (nSPS) is 19.4. The second-order valence-corrected chi connectivity index (χ2v) is 13.4. The van der Waals surface area contributed by atoms with Gasteiger partial charge in [-0.05, 0) is 58.0 Å². The summed E-state index contributed by atoms with van der Waals surface area (Å²) in [6.45, 7) is 7.41. The van der Waals surface area contributed by atoms with Crippen molar-refractivity contribution in [3.05, 3.63) is 53.1 Å². The summed E-state index contributed by atoms with van der Waals surface area (Å²) in [6, 6.07) is 7.72. The maximum Gasteiger partial charge on any atom is 0.416 e. The van der Waals surface area contributed by atoms with E-state index in [2.05, 4.69) is 21.7 Å². The van der Waals surface area contributed by atoms with Gasteiger partial charge in [0.1, 0.15) is 10.6 Å². The van der Waals surface area contributed by atoms with Crippen molar-refractivity contribution in [1.29, 1.82) is 0 Å². The first-order valence-electron chi connectivity index (χ1n) is 14.6. The van der Waals surface area contributed by atoms with Gasteiger partial charge in [0.2, 0.25) is 0 Å². The van der Waals surface area contributed by atoms with Gasteiger partial charge in [0.05, 0.1) is 42.6 Å². The maximum atomic E-state index is 13.7. The highest BCUT2D eigenvalue weighted by atomic mass is 32.2. The number of aromatic nitrogens is 1. The van der Waals surface area contributed by atoms with Gasteiger partial charge >= 0.3 is 6.18 Å². The van der Waals surface area contributed by atoms with E-state index in [1.807, 2.05) is 0 Å². The first-order valence-corrected chi connectivity index (χ1v) is 16.4. The highest BCUT2D eigenvalue weighted by Gasteiger charge is 2.33. The second-order valence-electron chi connectivity index (χ2n) is 11.4. The van der Waals surface area contributed by atoms with Crippen molar-refractivity contribution >= 4 is 26.7 Å². The highest BCUT2D eigenvalue weighted by molar-refractivity contribution is 7.90. The Morgan fingerprint density at radius 3 is 2.50 bits per heavy atom. The first kappa shape index (κ1) is 32.1. The van der Waals surface area contributed by atoms with Crippen LogP contribution in [-0.2, 0) is 27.3 Å². The van der Waals surface area contributed by atoms with Crippen LogP contribution in [0.5, 0.6) is 5.75 Å². The van der Waals surface area contributed by atoms with Crippen molar-refractivity contribution in [3.8, 4) is 17.0 Å². The molecule has 0 N–H and O–H groups in total. The van der Waals surface area contributed by atoms with E-state index < -0.39 is 27.5 Å². The number of likely N-dealkylation sites (tertiary alicyclic amines) is 1. The van der Waals surface area contributed by atoms with Crippen LogP contribution in [0.25, 0.3) is 22.2 Å². The fourth-order valence-electron chi connectivity index (χ4n) is 6.25. The van der Waals surface area contributed by atoms with Gasteiger partial charge in [0.25, 0.3) is 0 Å². The minimum absolute atomic E-state index is 0.0108. The molecule has 2 saturated heterocycles. The van der Waals surface area contributed by atoms with Crippen molar-refractivity contribution in [2.45, 2.75) is 56.4 Å². The molecule has 1 aromatic heterocycles. The molecule has 0 saturated carbocycles. The summed E-state index contributed by atoms with van der Waals surface area (Å²) < 4.78 is 77.6. The van der Waals surface area contributed by atoms with Crippen molar-refractivity contribution in [1.82, 2.24) is 14.8 Å². The number of alkyl halides is 3. The Morgan fingerprint density at radius 2 is 1.89 bits per heavy atom. The molecule has 0 aliphatic carbocycles. The lowest BCUT2D eigenvalue weighted by molar-refractivity contribution is -0.254. The van der Waals surface area contributed by atoms with E-state index >= 15 is 0 Å². The van der Waals surface area contributed by atoms with Crippen LogP contribution < -0.4 is 9.84 Å². The zero-order chi connectivity index (χ0) is 31.8. The average Bonchev–Trinajstić information content (AvgIpc) is 2.96. The van der Waals surface area contributed by atoms with E-state index in [1.165, 1.54) is 24.3 Å². The van der Waals surface area contributed by atoms with Crippen LogP contribution in [0.4, 0.5) is 13.2 Å². The number of carboxylic acid groups (broad SMARTS) is 1. The number of ether oxygens (including phenoxy) is 2. The number of carbonyl (C=O) groups excluding carboxylic acids is 1. The second kappa shape index (κ2) is 12.6. The van der Waals surface area contributed by atoms with E-state index in [4.69, 9.17) is 9.47 Å². The Hall–Kier alpha value is -3.26. The summed E-state index contributed by atoms with van der Waals surface area (Å²) in [5.74, 6) is -1.61. The molecular weight excluding hydrogens is 599 g/mol. The van der Waals surface area contributed by atoms with Crippen LogP contribution in [0.15, 0.2) is 41.3 Å². The van der Waals surface area contributed by atoms with Gasteiger partial charge in [-0.3, -0.25) is 9.80 Å². The number of carboxylic acids is 1. The molecule has 0 amide bonds. The largest absolute Gasteiger partial charge is 0.545 e. The maximum absolute atomic E-state index is 13.7. The minimum Gasteiger partial charge on any atom is -0.545 e. The quantitative estimate of drug-likeness (QED) is 0.366. The smallest absolute Gasteiger partial charge is 0.416 e. The van der Waals surface area contributed by atoms with Crippen molar-refractivity contribution in [2.24, 2.45) is 0 Å². The molecule has 44 heavy (non-hydrogen) atoms. The zero-order valence-electron chi connectivity index (χ0n) is 24.8. The molecule has 2 aliphatic rings. The summed E-state index contributed by atoms with van der Waals surface area (Å²) in [5.41, 5.74) is -0.836. The van der Waals surface area contributed by atoms with E-state index in [1.54, 1.807) is 6.92 Å². The average molecular weight is 635 g/mol. The zero-order valence-corrected chi connectivity index (χ0v) is 25.6. The van der Waals surface area contributed by atoms with Gasteiger partial charge in [-0.25, -0.2) is 13.4 Å². The standard InChI is InChI=1S/C31H36F3N3O6S/c1-4-43-26-16-25-23(15-27(26)44(3,40)41)28(30(38)39)24(29(35-25)20-6-5-7-21(14-20)31(32,33)34)17-36-10-8-22(9-11-36)37-12-13-42-18-19(37)2/h5-7,14-16,19,22H,4,8-13,17-18H2,1-3H3,(H,38,39)/p-1.